The third-order valence-corrected chi connectivity index (χ3v) is 2.86. The van der Waals surface area contributed by atoms with Gasteiger partial charge in [-0.25, -0.2) is 9.37 Å². The normalized spacial score (nSPS) is 10.4. The SMILES string of the molecule is Fc1ccccc1-c1cc(CBr)cnc1F. The maximum atomic E-state index is 13.5. The summed E-state index contributed by atoms with van der Waals surface area (Å²) in [5.74, 6) is -1.11. The van der Waals surface area contributed by atoms with Crippen molar-refractivity contribution in [1.29, 1.82) is 0 Å². The summed E-state index contributed by atoms with van der Waals surface area (Å²) in [6.07, 6.45) is 1.43. The molecule has 0 aliphatic rings. The van der Waals surface area contributed by atoms with Gasteiger partial charge in [0.1, 0.15) is 5.82 Å². The highest BCUT2D eigenvalue weighted by Crippen LogP contribution is 2.25. The van der Waals surface area contributed by atoms with Gasteiger partial charge in [0, 0.05) is 22.7 Å². The molecule has 1 heterocycles. The van der Waals surface area contributed by atoms with Crippen LogP contribution in [0.5, 0.6) is 0 Å². The van der Waals surface area contributed by atoms with Crippen molar-refractivity contribution in [2.45, 2.75) is 5.33 Å². The number of alkyl halides is 1. The standard InChI is InChI=1S/C12H8BrF2N/c13-6-8-5-10(12(15)16-7-8)9-3-1-2-4-11(9)14/h1-5,7H,6H2. The molecule has 1 nitrogen and oxygen atoms in total. The molecule has 4 heteroatoms. The minimum Gasteiger partial charge on any atom is -0.227 e. The molecule has 1 aromatic carbocycles. The lowest BCUT2D eigenvalue weighted by Crippen LogP contribution is -1.93. The minimum atomic E-state index is -0.658. The van der Waals surface area contributed by atoms with E-state index < -0.39 is 11.8 Å². The number of hydrogen-bond acceptors (Lipinski definition) is 1. The Bertz CT molecular complexity index is 514. The van der Waals surface area contributed by atoms with Crippen molar-refractivity contribution >= 4 is 15.9 Å². The van der Waals surface area contributed by atoms with Gasteiger partial charge in [-0.2, -0.15) is 4.39 Å². The van der Waals surface area contributed by atoms with Crippen LogP contribution in [0.4, 0.5) is 8.78 Å². The number of nitrogens with zero attached hydrogens (tertiary/aromatic N) is 1. The fraction of sp³-hybridized carbons (Fsp3) is 0.0833. The molecule has 82 valence electrons. The molecule has 0 bridgehead atoms. The van der Waals surface area contributed by atoms with E-state index in [0.717, 1.165) is 5.56 Å². The first kappa shape index (κ1) is 11.2. The average Bonchev–Trinajstić information content (AvgIpc) is 2.31. The molecule has 0 aliphatic carbocycles. The molecule has 0 aliphatic heterocycles. The number of pyridine rings is 1. The Morgan fingerprint density at radius 1 is 1.12 bits per heavy atom. The summed E-state index contributed by atoms with van der Waals surface area (Å²) in [6, 6.07) is 7.66. The fourth-order valence-electron chi connectivity index (χ4n) is 1.43. The minimum absolute atomic E-state index is 0.190. The molecular weight excluding hydrogens is 276 g/mol. The Kier molecular flexibility index (Phi) is 3.29. The molecule has 0 spiro atoms. The second kappa shape index (κ2) is 4.70. The Morgan fingerprint density at radius 3 is 2.56 bits per heavy atom. The zero-order chi connectivity index (χ0) is 11.5. The van der Waals surface area contributed by atoms with Gasteiger partial charge >= 0.3 is 0 Å². The molecule has 0 saturated heterocycles. The maximum Gasteiger partial charge on any atom is 0.220 e. The van der Waals surface area contributed by atoms with Crippen LogP contribution >= 0.6 is 15.9 Å². The molecule has 16 heavy (non-hydrogen) atoms. The van der Waals surface area contributed by atoms with E-state index in [1.807, 2.05) is 0 Å². The van der Waals surface area contributed by atoms with Gasteiger partial charge in [0.05, 0.1) is 0 Å². The van der Waals surface area contributed by atoms with Crippen molar-refractivity contribution in [3.8, 4) is 11.1 Å². The summed E-state index contributed by atoms with van der Waals surface area (Å²) < 4.78 is 27.0. The summed E-state index contributed by atoms with van der Waals surface area (Å²) in [5.41, 5.74) is 1.23. The second-order valence-electron chi connectivity index (χ2n) is 3.30. The Balaban J connectivity index is 2.59. The predicted molar refractivity (Wildman–Crippen MR) is 62.2 cm³/mol. The molecule has 0 unspecified atom stereocenters. The quantitative estimate of drug-likeness (QED) is 0.601. The van der Waals surface area contributed by atoms with Crippen molar-refractivity contribution in [2.75, 3.05) is 0 Å². The van der Waals surface area contributed by atoms with Crippen LogP contribution < -0.4 is 0 Å². The van der Waals surface area contributed by atoms with Gasteiger partial charge in [-0.1, -0.05) is 34.1 Å². The van der Waals surface area contributed by atoms with Crippen LogP contribution in [0.2, 0.25) is 0 Å². The number of hydrogen-bond donors (Lipinski definition) is 0. The van der Waals surface area contributed by atoms with E-state index in [1.165, 1.54) is 18.3 Å². The summed E-state index contributed by atoms with van der Waals surface area (Å²) >= 11 is 3.25. The van der Waals surface area contributed by atoms with Gasteiger partial charge < -0.3 is 0 Å². The second-order valence-corrected chi connectivity index (χ2v) is 3.86. The van der Waals surface area contributed by atoms with E-state index in [-0.39, 0.29) is 11.1 Å². The Hall–Kier alpha value is -1.29. The zero-order valence-corrected chi connectivity index (χ0v) is 9.84. The summed E-state index contributed by atoms with van der Waals surface area (Å²) in [4.78, 5) is 3.60. The van der Waals surface area contributed by atoms with E-state index in [4.69, 9.17) is 0 Å². The number of aromatic nitrogens is 1. The van der Waals surface area contributed by atoms with Gasteiger partial charge in [0.25, 0.3) is 0 Å². The molecule has 0 saturated carbocycles. The summed E-state index contributed by atoms with van der Waals surface area (Å²) in [7, 11) is 0. The molecule has 1 aromatic heterocycles. The van der Waals surface area contributed by atoms with Crippen LogP contribution in [-0.4, -0.2) is 4.98 Å². The van der Waals surface area contributed by atoms with Crippen molar-refractivity contribution in [1.82, 2.24) is 4.98 Å². The van der Waals surface area contributed by atoms with Crippen LogP contribution in [0.25, 0.3) is 11.1 Å². The third-order valence-electron chi connectivity index (χ3n) is 2.21. The van der Waals surface area contributed by atoms with Crippen LogP contribution in [-0.2, 0) is 5.33 Å². The highest BCUT2D eigenvalue weighted by atomic mass is 79.9. The van der Waals surface area contributed by atoms with E-state index in [0.29, 0.717) is 5.33 Å². The molecule has 0 radical (unpaired) electrons. The number of benzene rings is 1. The molecule has 0 fully saturated rings. The van der Waals surface area contributed by atoms with E-state index in [9.17, 15) is 8.78 Å². The molecule has 2 rings (SSSR count). The van der Waals surface area contributed by atoms with Crippen molar-refractivity contribution in [2.24, 2.45) is 0 Å². The lowest BCUT2D eigenvalue weighted by molar-refractivity contribution is 0.582. The zero-order valence-electron chi connectivity index (χ0n) is 8.25. The topological polar surface area (TPSA) is 12.9 Å². The molecule has 0 atom stereocenters. The summed E-state index contributed by atoms with van der Waals surface area (Å²) in [6.45, 7) is 0. The van der Waals surface area contributed by atoms with Crippen molar-refractivity contribution in [3.63, 3.8) is 0 Å². The lowest BCUT2D eigenvalue weighted by Gasteiger charge is -2.05. The van der Waals surface area contributed by atoms with Gasteiger partial charge in [-0.15, -0.1) is 0 Å². The van der Waals surface area contributed by atoms with E-state index in [1.54, 1.807) is 18.2 Å². The van der Waals surface area contributed by atoms with Crippen LogP contribution in [0.1, 0.15) is 5.56 Å². The van der Waals surface area contributed by atoms with Crippen molar-refractivity contribution < 1.29 is 8.78 Å². The van der Waals surface area contributed by atoms with Crippen LogP contribution in [0.15, 0.2) is 36.5 Å². The van der Waals surface area contributed by atoms with Gasteiger partial charge in [-0.05, 0) is 17.7 Å². The van der Waals surface area contributed by atoms with Crippen molar-refractivity contribution in [3.05, 3.63) is 53.9 Å². The monoisotopic (exact) mass is 283 g/mol. The fourth-order valence-corrected chi connectivity index (χ4v) is 1.74. The molecular formula is C12H8BrF2N. The molecule has 0 N–H and O–H groups in total. The van der Waals surface area contributed by atoms with Gasteiger partial charge in [0.15, 0.2) is 0 Å². The molecule has 2 aromatic rings. The molecule has 0 amide bonds. The first-order chi connectivity index (χ1) is 7.72. The third kappa shape index (κ3) is 2.11. The smallest absolute Gasteiger partial charge is 0.220 e. The Morgan fingerprint density at radius 2 is 1.88 bits per heavy atom. The highest BCUT2D eigenvalue weighted by molar-refractivity contribution is 9.08. The summed E-state index contributed by atoms with van der Waals surface area (Å²) in [5, 5.41) is 0.557. The lowest BCUT2D eigenvalue weighted by atomic mass is 10.1. The van der Waals surface area contributed by atoms with Crippen LogP contribution in [0.3, 0.4) is 0 Å². The van der Waals surface area contributed by atoms with Crippen LogP contribution in [0, 0.1) is 11.8 Å². The van der Waals surface area contributed by atoms with Gasteiger partial charge in [-0.3, -0.25) is 0 Å². The van der Waals surface area contributed by atoms with E-state index >= 15 is 0 Å². The predicted octanol–water partition coefficient (Wildman–Crippen LogP) is 3.92. The average molecular weight is 284 g/mol. The van der Waals surface area contributed by atoms with E-state index in [2.05, 4.69) is 20.9 Å². The number of halogens is 3. The highest BCUT2D eigenvalue weighted by Gasteiger charge is 2.11. The maximum absolute atomic E-state index is 13.5. The van der Waals surface area contributed by atoms with Gasteiger partial charge in [0.2, 0.25) is 5.95 Å². The first-order valence-electron chi connectivity index (χ1n) is 4.67. The largest absolute Gasteiger partial charge is 0.227 e. The number of rotatable bonds is 2. The Labute approximate surface area is 100 Å². The first-order valence-corrected chi connectivity index (χ1v) is 5.80.